The number of rotatable bonds is 4. The van der Waals surface area contributed by atoms with Gasteiger partial charge in [-0.25, -0.2) is 0 Å². The van der Waals surface area contributed by atoms with Crippen LogP contribution in [0.5, 0.6) is 11.5 Å². The smallest absolute Gasteiger partial charge is 0.231 e. The summed E-state index contributed by atoms with van der Waals surface area (Å²) < 4.78 is 10.7. The van der Waals surface area contributed by atoms with Crippen LogP contribution in [0.4, 0.5) is 5.82 Å². The van der Waals surface area contributed by atoms with Crippen molar-refractivity contribution in [3.05, 3.63) is 24.4 Å². The molecule has 1 saturated heterocycles. The minimum absolute atomic E-state index is 0.0169. The van der Waals surface area contributed by atoms with Gasteiger partial charge < -0.3 is 19.7 Å². The number of H-pyrrole nitrogens is 1. The van der Waals surface area contributed by atoms with Gasteiger partial charge in [0.05, 0.1) is 12.1 Å². The van der Waals surface area contributed by atoms with Gasteiger partial charge in [0.15, 0.2) is 11.5 Å². The van der Waals surface area contributed by atoms with E-state index in [4.69, 9.17) is 9.47 Å². The van der Waals surface area contributed by atoms with Crippen molar-refractivity contribution in [1.82, 2.24) is 15.1 Å². The maximum Gasteiger partial charge on any atom is 0.231 e. The van der Waals surface area contributed by atoms with Gasteiger partial charge in [-0.2, -0.15) is 5.10 Å². The molecule has 2 aromatic rings. The molecule has 8 nitrogen and oxygen atoms in total. The lowest BCUT2D eigenvalue weighted by Crippen LogP contribution is -2.28. The SMILES string of the molecule is CCN1C[C@H](C(=O)Nc2[nH]ncc2-c2ccc3c(c2)OCO3)CC1=O. The summed E-state index contributed by atoms with van der Waals surface area (Å²) >= 11 is 0. The number of carbonyl (C=O) groups excluding carboxylic acids is 2. The molecule has 0 unspecified atom stereocenters. The zero-order valence-corrected chi connectivity index (χ0v) is 13.7. The van der Waals surface area contributed by atoms with E-state index >= 15 is 0 Å². The number of likely N-dealkylation sites (tertiary alicyclic amines) is 1. The number of benzene rings is 1. The third-order valence-corrected chi connectivity index (χ3v) is 4.54. The number of nitrogens with one attached hydrogen (secondary N) is 2. The summed E-state index contributed by atoms with van der Waals surface area (Å²) in [5.41, 5.74) is 1.61. The minimum atomic E-state index is -0.347. The standard InChI is InChI=1S/C17H18N4O4/c1-2-21-8-11(6-15(21)22)17(23)19-16-12(7-18-20-16)10-3-4-13-14(5-10)25-9-24-13/h3-5,7,11H,2,6,8-9H2,1H3,(H2,18,19,20,23)/t11-/m1/s1. The number of hydrogen-bond acceptors (Lipinski definition) is 5. The van der Waals surface area contributed by atoms with Crippen LogP contribution in [0.2, 0.25) is 0 Å². The highest BCUT2D eigenvalue weighted by Crippen LogP contribution is 2.37. The van der Waals surface area contributed by atoms with Crippen molar-refractivity contribution in [2.75, 3.05) is 25.2 Å². The van der Waals surface area contributed by atoms with E-state index in [0.29, 0.717) is 30.4 Å². The Labute approximate surface area is 144 Å². The fourth-order valence-electron chi connectivity index (χ4n) is 3.14. The second-order valence-electron chi connectivity index (χ2n) is 6.05. The zero-order valence-electron chi connectivity index (χ0n) is 13.7. The second kappa shape index (κ2) is 6.12. The van der Waals surface area contributed by atoms with Crippen molar-refractivity contribution >= 4 is 17.6 Å². The largest absolute Gasteiger partial charge is 0.454 e. The van der Waals surface area contributed by atoms with Crippen molar-refractivity contribution in [2.24, 2.45) is 5.92 Å². The van der Waals surface area contributed by atoms with E-state index in [-0.39, 0.29) is 30.9 Å². The van der Waals surface area contributed by atoms with Gasteiger partial charge >= 0.3 is 0 Å². The number of amides is 2. The molecule has 8 heteroatoms. The van der Waals surface area contributed by atoms with E-state index in [1.807, 2.05) is 25.1 Å². The Balaban J connectivity index is 1.52. The minimum Gasteiger partial charge on any atom is -0.454 e. The Morgan fingerprint density at radius 1 is 1.40 bits per heavy atom. The molecule has 2 amide bonds. The zero-order chi connectivity index (χ0) is 17.4. The predicted molar refractivity (Wildman–Crippen MR) is 89.1 cm³/mol. The third-order valence-electron chi connectivity index (χ3n) is 4.54. The predicted octanol–water partition coefficient (Wildman–Crippen LogP) is 1.61. The van der Waals surface area contributed by atoms with Crippen LogP contribution in [0.1, 0.15) is 13.3 Å². The van der Waals surface area contributed by atoms with Crippen LogP contribution >= 0.6 is 0 Å². The second-order valence-corrected chi connectivity index (χ2v) is 6.05. The number of ether oxygens (including phenoxy) is 2. The Kier molecular flexibility index (Phi) is 3.79. The molecule has 1 aromatic heterocycles. The van der Waals surface area contributed by atoms with Crippen molar-refractivity contribution in [2.45, 2.75) is 13.3 Å². The number of aromatic amines is 1. The van der Waals surface area contributed by atoms with Crippen LogP contribution in [0.3, 0.4) is 0 Å². The molecule has 2 N–H and O–H groups in total. The molecule has 2 aliphatic rings. The molecule has 1 atom stereocenters. The lowest BCUT2D eigenvalue weighted by atomic mass is 10.1. The van der Waals surface area contributed by atoms with Crippen LogP contribution < -0.4 is 14.8 Å². The molecule has 0 saturated carbocycles. The molecule has 3 heterocycles. The lowest BCUT2D eigenvalue weighted by Gasteiger charge is -2.13. The van der Waals surface area contributed by atoms with Gasteiger partial charge in [-0.15, -0.1) is 0 Å². The summed E-state index contributed by atoms with van der Waals surface area (Å²) in [5, 5.41) is 9.69. The van der Waals surface area contributed by atoms with E-state index in [0.717, 1.165) is 11.1 Å². The summed E-state index contributed by atoms with van der Waals surface area (Å²) in [4.78, 5) is 26.0. The fraction of sp³-hybridized carbons (Fsp3) is 0.353. The quantitative estimate of drug-likeness (QED) is 0.880. The topological polar surface area (TPSA) is 96.6 Å². The molecule has 1 fully saturated rings. The van der Waals surface area contributed by atoms with Gasteiger partial charge in [-0.1, -0.05) is 6.07 Å². The molecule has 0 aliphatic carbocycles. The number of fused-ring (bicyclic) bond motifs is 1. The van der Waals surface area contributed by atoms with Gasteiger partial charge in [-0.3, -0.25) is 14.7 Å². The summed E-state index contributed by atoms with van der Waals surface area (Å²) in [7, 11) is 0. The Morgan fingerprint density at radius 3 is 3.04 bits per heavy atom. The highest BCUT2D eigenvalue weighted by Gasteiger charge is 2.33. The summed E-state index contributed by atoms with van der Waals surface area (Å²) in [6.45, 7) is 3.19. The molecule has 130 valence electrons. The number of anilines is 1. The van der Waals surface area contributed by atoms with Crippen LogP contribution in [0.15, 0.2) is 24.4 Å². The molecule has 0 radical (unpaired) electrons. The number of hydrogen-bond donors (Lipinski definition) is 2. The molecule has 4 rings (SSSR count). The maximum absolute atomic E-state index is 12.5. The van der Waals surface area contributed by atoms with E-state index in [9.17, 15) is 9.59 Å². The molecular weight excluding hydrogens is 324 g/mol. The van der Waals surface area contributed by atoms with Crippen LogP contribution in [0, 0.1) is 5.92 Å². The maximum atomic E-state index is 12.5. The van der Waals surface area contributed by atoms with E-state index in [1.165, 1.54) is 0 Å². The van der Waals surface area contributed by atoms with Crippen LogP contribution in [0.25, 0.3) is 11.1 Å². The van der Waals surface area contributed by atoms with Gasteiger partial charge in [0.25, 0.3) is 0 Å². The molecule has 1 aromatic carbocycles. The van der Waals surface area contributed by atoms with Crippen molar-refractivity contribution in [1.29, 1.82) is 0 Å². The normalized spacial score (nSPS) is 18.7. The van der Waals surface area contributed by atoms with Crippen molar-refractivity contribution in [3.8, 4) is 22.6 Å². The number of carbonyl (C=O) groups is 2. The first kappa shape index (κ1) is 15.5. The molecule has 2 aliphatic heterocycles. The highest BCUT2D eigenvalue weighted by atomic mass is 16.7. The van der Waals surface area contributed by atoms with Crippen LogP contribution in [-0.4, -0.2) is 46.8 Å². The fourth-order valence-corrected chi connectivity index (χ4v) is 3.14. The highest BCUT2D eigenvalue weighted by molar-refractivity contribution is 5.99. The Bertz CT molecular complexity index is 832. The number of aromatic nitrogens is 2. The average Bonchev–Trinajstić information content (AvgIpc) is 3.32. The van der Waals surface area contributed by atoms with E-state index in [2.05, 4.69) is 15.5 Å². The van der Waals surface area contributed by atoms with Gasteiger partial charge in [0.1, 0.15) is 5.82 Å². The first-order valence-corrected chi connectivity index (χ1v) is 8.17. The molecule has 25 heavy (non-hydrogen) atoms. The Hall–Kier alpha value is -3.03. The third kappa shape index (κ3) is 2.79. The van der Waals surface area contributed by atoms with Crippen molar-refractivity contribution < 1.29 is 19.1 Å². The molecular formula is C17H18N4O4. The summed E-state index contributed by atoms with van der Waals surface area (Å²) in [5.74, 6) is 1.35. The van der Waals surface area contributed by atoms with E-state index < -0.39 is 0 Å². The first-order valence-electron chi connectivity index (χ1n) is 8.17. The Morgan fingerprint density at radius 2 is 2.24 bits per heavy atom. The van der Waals surface area contributed by atoms with Gasteiger partial charge in [-0.05, 0) is 24.6 Å². The first-order chi connectivity index (χ1) is 12.2. The number of nitrogens with zero attached hydrogens (tertiary/aromatic N) is 2. The molecule has 0 bridgehead atoms. The lowest BCUT2D eigenvalue weighted by molar-refractivity contribution is -0.128. The van der Waals surface area contributed by atoms with E-state index in [1.54, 1.807) is 11.1 Å². The molecule has 0 spiro atoms. The van der Waals surface area contributed by atoms with Crippen LogP contribution in [-0.2, 0) is 9.59 Å². The summed E-state index contributed by atoms with van der Waals surface area (Å²) in [6.07, 6.45) is 1.89. The van der Waals surface area contributed by atoms with Gasteiger partial charge in [0.2, 0.25) is 18.6 Å². The summed E-state index contributed by atoms with van der Waals surface area (Å²) in [6, 6.07) is 5.55. The monoisotopic (exact) mass is 342 g/mol. The van der Waals surface area contributed by atoms with Gasteiger partial charge in [0, 0.05) is 25.1 Å². The average molecular weight is 342 g/mol. The van der Waals surface area contributed by atoms with Crippen molar-refractivity contribution in [3.63, 3.8) is 0 Å².